The van der Waals surface area contributed by atoms with Crippen molar-refractivity contribution in [2.45, 2.75) is 13.8 Å². The normalized spacial score (nSPS) is 11.3. The molecule has 0 atom stereocenters. The second-order valence-electron chi connectivity index (χ2n) is 5.83. The van der Waals surface area contributed by atoms with Crippen LogP contribution in [0.2, 0.25) is 0 Å². The summed E-state index contributed by atoms with van der Waals surface area (Å²) in [5.41, 5.74) is 3.26. The molecule has 1 aromatic heterocycles. The van der Waals surface area contributed by atoms with Crippen molar-refractivity contribution in [3.8, 4) is 16.9 Å². The highest BCUT2D eigenvalue weighted by Crippen LogP contribution is 2.33. The number of imidazole rings is 1. The minimum atomic E-state index is -0.482. The number of amides is 1. The Kier molecular flexibility index (Phi) is 5.51. The van der Waals surface area contributed by atoms with E-state index in [0.29, 0.717) is 12.2 Å². The number of hydrogen-bond acceptors (Lipinski definition) is 5. The third kappa shape index (κ3) is 3.98. The van der Waals surface area contributed by atoms with Crippen molar-refractivity contribution in [3.63, 3.8) is 0 Å². The molecule has 0 saturated carbocycles. The second-order valence-corrected chi connectivity index (χ2v) is 5.83. The van der Waals surface area contributed by atoms with Gasteiger partial charge in [0.1, 0.15) is 12.1 Å². The van der Waals surface area contributed by atoms with E-state index in [1.54, 1.807) is 6.07 Å². The molecule has 0 aliphatic heterocycles. The molecule has 138 valence electrons. The number of hydrogen-bond donors (Lipinski definition) is 2. The Hall–Kier alpha value is -3.61. The highest BCUT2D eigenvalue weighted by Gasteiger charge is 2.17. The zero-order valence-electron chi connectivity index (χ0n) is 15.1. The topological polar surface area (TPSA) is 88.7 Å². The highest BCUT2D eigenvalue weighted by atomic mass is 16.5. The molecule has 0 bridgehead atoms. The molecule has 1 amide bonds. The van der Waals surface area contributed by atoms with E-state index in [9.17, 15) is 10.0 Å². The number of nitrogens with zero attached hydrogens (tertiary/aromatic N) is 3. The van der Waals surface area contributed by atoms with Crippen LogP contribution in [0.25, 0.3) is 11.1 Å². The molecule has 3 aromatic rings. The molecule has 0 unspecified atom stereocenters. The predicted octanol–water partition coefficient (Wildman–Crippen LogP) is 3.65. The van der Waals surface area contributed by atoms with E-state index in [1.165, 1.54) is 23.3 Å². The Morgan fingerprint density at radius 1 is 1.26 bits per heavy atom. The number of benzene rings is 2. The summed E-state index contributed by atoms with van der Waals surface area (Å²) in [6.45, 7) is 4.44. The molecule has 2 N–H and O–H groups in total. The number of carbonyl (C=O) groups excluding carboxylic acids is 1. The average Bonchev–Trinajstić information content (AvgIpc) is 3.21. The molecule has 0 saturated heterocycles. The van der Waals surface area contributed by atoms with Crippen molar-refractivity contribution in [3.05, 3.63) is 72.3 Å². The SMILES string of the molecule is CCOc1cc(C)ccc1-c1ccccc1C(=NO)NC(=O)n1ccnc1. The second kappa shape index (κ2) is 8.18. The van der Waals surface area contributed by atoms with E-state index < -0.39 is 6.03 Å². The fourth-order valence-corrected chi connectivity index (χ4v) is 2.74. The van der Waals surface area contributed by atoms with Gasteiger partial charge >= 0.3 is 6.03 Å². The van der Waals surface area contributed by atoms with Gasteiger partial charge in [0.25, 0.3) is 0 Å². The first kappa shape index (κ1) is 18.2. The molecule has 1 heterocycles. The molecule has 2 aromatic carbocycles. The molecule has 0 aliphatic rings. The number of aryl methyl sites for hydroxylation is 1. The highest BCUT2D eigenvalue weighted by molar-refractivity contribution is 6.11. The van der Waals surface area contributed by atoms with Gasteiger partial charge in [-0.05, 0) is 31.0 Å². The van der Waals surface area contributed by atoms with E-state index in [2.05, 4.69) is 15.5 Å². The van der Waals surface area contributed by atoms with Crippen LogP contribution in [0.15, 0.2) is 66.3 Å². The van der Waals surface area contributed by atoms with Crippen LogP contribution in [0.1, 0.15) is 18.1 Å². The van der Waals surface area contributed by atoms with Gasteiger partial charge in [-0.15, -0.1) is 0 Å². The number of amidine groups is 1. The van der Waals surface area contributed by atoms with Crippen molar-refractivity contribution >= 4 is 11.9 Å². The number of nitrogens with one attached hydrogen (secondary N) is 1. The predicted molar refractivity (Wildman–Crippen MR) is 102 cm³/mol. The van der Waals surface area contributed by atoms with Crippen molar-refractivity contribution in [2.75, 3.05) is 6.61 Å². The van der Waals surface area contributed by atoms with Gasteiger partial charge in [-0.2, -0.15) is 0 Å². The molecular weight excluding hydrogens is 344 g/mol. The number of ether oxygens (including phenoxy) is 1. The Labute approximate surface area is 156 Å². The summed E-state index contributed by atoms with van der Waals surface area (Å²) in [6.07, 6.45) is 4.36. The minimum Gasteiger partial charge on any atom is -0.493 e. The first-order chi connectivity index (χ1) is 13.1. The monoisotopic (exact) mass is 364 g/mol. The fourth-order valence-electron chi connectivity index (χ4n) is 2.74. The lowest BCUT2D eigenvalue weighted by Gasteiger charge is -2.16. The van der Waals surface area contributed by atoms with Crippen molar-refractivity contribution in [2.24, 2.45) is 5.16 Å². The molecule has 7 nitrogen and oxygen atoms in total. The number of aromatic nitrogens is 2. The van der Waals surface area contributed by atoms with Gasteiger partial charge < -0.3 is 9.94 Å². The first-order valence-electron chi connectivity index (χ1n) is 8.48. The summed E-state index contributed by atoms with van der Waals surface area (Å²) >= 11 is 0. The molecule has 3 rings (SSSR count). The molecule has 0 spiro atoms. The Bertz CT molecular complexity index is 965. The molecular formula is C20H20N4O3. The van der Waals surface area contributed by atoms with Gasteiger partial charge in [0.05, 0.1) is 6.61 Å². The standard InChI is InChI=1S/C20H20N4O3/c1-3-27-18-12-14(2)8-9-16(18)15-6-4-5-7-17(15)19(23-26)22-20(25)24-11-10-21-13-24/h4-13,26H,3H2,1-2H3,(H,22,23,25). The summed E-state index contributed by atoms with van der Waals surface area (Å²) in [5.74, 6) is 0.760. The fraction of sp³-hybridized carbons (Fsp3) is 0.150. The average molecular weight is 364 g/mol. The van der Waals surface area contributed by atoms with Crippen LogP contribution < -0.4 is 10.1 Å². The van der Waals surface area contributed by atoms with E-state index in [1.807, 2.05) is 50.2 Å². The molecule has 7 heteroatoms. The van der Waals surface area contributed by atoms with Crippen LogP contribution in [0.4, 0.5) is 4.79 Å². The largest absolute Gasteiger partial charge is 0.493 e. The van der Waals surface area contributed by atoms with E-state index in [4.69, 9.17) is 4.74 Å². The van der Waals surface area contributed by atoms with E-state index in [0.717, 1.165) is 22.4 Å². The number of rotatable bonds is 4. The number of carbonyl (C=O) groups is 1. The summed E-state index contributed by atoms with van der Waals surface area (Å²) < 4.78 is 7.03. The van der Waals surface area contributed by atoms with Crippen LogP contribution in [0.3, 0.4) is 0 Å². The van der Waals surface area contributed by atoms with Crippen LogP contribution >= 0.6 is 0 Å². The van der Waals surface area contributed by atoms with Crippen LogP contribution in [-0.4, -0.2) is 33.2 Å². The van der Waals surface area contributed by atoms with Crippen LogP contribution in [0, 0.1) is 6.92 Å². The Morgan fingerprint density at radius 2 is 2.07 bits per heavy atom. The van der Waals surface area contributed by atoms with Gasteiger partial charge in [-0.3, -0.25) is 9.88 Å². The first-order valence-corrected chi connectivity index (χ1v) is 8.48. The maximum atomic E-state index is 12.3. The van der Waals surface area contributed by atoms with Crippen molar-refractivity contribution < 1.29 is 14.7 Å². The third-order valence-electron chi connectivity index (χ3n) is 3.97. The summed E-state index contributed by atoms with van der Waals surface area (Å²) in [5, 5.41) is 15.4. The lowest BCUT2D eigenvalue weighted by Crippen LogP contribution is -2.34. The summed E-state index contributed by atoms with van der Waals surface area (Å²) in [7, 11) is 0. The van der Waals surface area contributed by atoms with Gasteiger partial charge in [0.15, 0.2) is 5.84 Å². The van der Waals surface area contributed by atoms with Crippen LogP contribution in [0.5, 0.6) is 5.75 Å². The lowest BCUT2D eigenvalue weighted by atomic mass is 9.97. The van der Waals surface area contributed by atoms with Gasteiger partial charge in [-0.25, -0.2) is 9.78 Å². The quantitative estimate of drug-likeness (QED) is 0.320. The minimum absolute atomic E-state index is 0.0346. The van der Waals surface area contributed by atoms with Crippen molar-refractivity contribution in [1.29, 1.82) is 0 Å². The smallest absolute Gasteiger partial charge is 0.332 e. The summed E-state index contributed by atoms with van der Waals surface area (Å²) in [6, 6.07) is 12.7. The molecule has 0 aliphatic carbocycles. The van der Waals surface area contributed by atoms with Gasteiger partial charge in [0, 0.05) is 23.5 Å². The lowest BCUT2D eigenvalue weighted by molar-refractivity contribution is 0.246. The van der Waals surface area contributed by atoms with E-state index in [-0.39, 0.29) is 5.84 Å². The van der Waals surface area contributed by atoms with Crippen LogP contribution in [-0.2, 0) is 0 Å². The van der Waals surface area contributed by atoms with E-state index >= 15 is 0 Å². The third-order valence-corrected chi connectivity index (χ3v) is 3.97. The number of oxime groups is 1. The zero-order chi connectivity index (χ0) is 19.2. The Balaban J connectivity index is 2.02. The Morgan fingerprint density at radius 3 is 2.78 bits per heavy atom. The maximum absolute atomic E-state index is 12.3. The molecule has 0 fully saturated rings. The van der Waals surface area contributed by atoms with Gasteiger partial charge in [0.2, 0.25) is 0 Å². The molecule has 27 heavy (non-hydrogen) atoms. The zero-order valence-corrected chi connectivity index (χ0v) is 15.1. The van der Waals surface area contributed by atoms with Crippen molar-refractivity contribution in [1.82, 2.24) is 14.9 Å². The van der Waals surface area contributed by atoms with Gasteiger partial charge in [-0.1, -0.05) is 41.6 Å². The summed E-state index contributed by atoms with van der Waals surface area (Å²) in [4.78, 5) is 16.1. The maximum Gasteiger partial charge on any atom is 0.332 e. The molecule has 0 radical (unpaired) electrons.